The van der Waals surface area contributed by atoms with Crippen LogP contribution in [0.2, 0.25) is 0 Å². The molecule has 0 spiro atoms. The van der Waals surface area contributed by atoms with Crippen LogP contribution in [0.3, 0.4) is 0 Å². The van der Waals surface area contributed by atoms with Crippen LogP contribution in [0.4, 0.5) is 5.00 Å². The molecule has 3 heterocycles. The van der Waals surface area contributed by atoms with Gasteiger partial charge in [-0.25, -0.2) is 4.98 Å². The van der Waals surface area contributed by atoms with E-state index in [4.69, 9.17) is 9.47 Å². The predicted octanol–water partition coefficient (Wildman–Crippen LogP) is 1.91. The van der Waals surface area contributed by atoms with Crippen LogP contribution in [-0.2, 0) is 0 Å². The fourth-order valence-corrected chi connectivity index (χ4v) is 3.56. The molecule has 0 unspecified atom stereocenters. The Bertz CT molecular complexity index is 894. The topological polar surface area (TPSA) is 118 Å². The molecule has 0 fully saturated rings. The quantitative estimate of drug-likeness (QED) is 0.513. The first kappa shape index (κ1) is 13.9. The summed E-state index contributed by atoms with van der Waals surface area (Å²) in [6.45, 7) is 0.179. The van der Waals surface area contributed by atoms with Crippen molar-refractivity contribution in [3.63, 3.8) is 0 Å². The Labute approximate surface area is 136 Å². The van der Waals surface area contributed by atoms with E-state index in [1.807, 2.05) is 0 Å². The van der Waals surface area contributed by atoms with Gasteiger partial charge < -0.3 is 9.47 Å². The predicted molar refractivity (Wildman–Crippen MR) is 78.2 cm³/mol. The molecule has 0 saturated heterocycles. The Morgan fingerprint density at radius 2 is 2.22 bits per heavy atom. The standard InChI is InChI=1S/C11H6N6O4S2/c18-17(19)9-4-12-11(22-9)23-10-13-14-15-16(10)6-1-2-7-8(3-6)21-5-20-7/h1-4H,5H2. The summed E-state index contributed by atoms with van der Waals surface area (Å²) >= 11 is 2.11. The minimum atomic E-state index is -0.484. The van der Waals surface area contributed by atoms with E-state index in [9.17, 15) is 10.1 Å². The highest BCUT2D eigenvalue weighted by atomic mass is 32.2. The van der Waals surface area contributed by atoms with Crippen molar-refractivity contribution >= 4 is 28.1 Å². The molecule has 2 aromatic heterocycles. The second-order valence-corrected chi connectivity index (χ2v) is 6.46. The van der Waals surface area contributed by atoms with Crippen LogP contribution in [0.15, 0.2) is 33.9 Å². The molecule has 1 aliphatic heterocycles. The van der Waals surface area contributed by atoms with Gasteiger partial charge in [-0.3, -0.25) is 10.1 Å². The average Bonchev–Trinajstić information content (AvgIpc) is 3.27. The fourth-order valence-electron chi connectivity index (χ4n) is 1.88. The van der Waals surface area contributed by atoms with Crippen LogP contribution in [0.25, 0.3) is 5.69 Å². The van der Waals surface area contributed by atoms with Crippen LogP contribution >= 0.6 is 23.1 Å². The van der Waals surface area contributed by atoms with E-state index in [0.29, 0.717) is 26.7 Å². The zero-order valence-corrected chi connectivity index (χ0v) is 12.8. The van der Waals surface area contributed by atoms with E-state index >= 15 is 0 Å². The van der Waals surface area contributed by atoms with Crippen molar-refractivity contribution < 1.29 is 14.4 Å². The van der Waals surface area contributed by atoms with E-state index in [-0.39, 0.29) is 11.8 Å². The largest absolute Gasteiger partial charge is 0.454 e. The van der Waals surface area contributed by atoms with Gasteiger partial charge in [-0.05, 0) is 45.7 Å². The third-order valence-electron chi connectivity index (χ3n) is 2.87. The van der Waals surface area contributed by atoms with Crippen molar-refractivity contribution in [2.24, 2.45) is 0 Å². The summed E-state index contributed by atoms with van der Waals surface area (Å²) in [6.07, 6.45) is 1.21. The Balaban J connectivity index is 1.64. The van der Waals surface area contributed by atoms with E-state index in [1.54, 1.807) is 18.2 Å². The lowest BCUT2D eigenvalue weighted by Crippen LogP contribution is -1.98. The number of nitrogens with zero attached hydrogens (tertiary/aromatic N) is 6. The molecular weight excluding hydrogens is 344 g/mol. The smallest absolute Gasteiger partial charge is 0.344 e. The fraction of sp³-hybridized carbons (Fsp3) is 0.0909. The van der Waals surface area contributed by atoms with E-state index < -0.39 is 4.92 Å². The summed E-state index contributed by atoms with van der Waals surface area (Å²) in [5.74, 6) is 1.27. The molecule has 0 amide bonds. The zero-order chi connectivity index (χ0) is 15.8. The molecular formula is C11H6N6O4S2. The van der Waals surface area contributed by atoms with Crippen molar-refractivity contribution in [1.82, 2.24) is 25.2 Å². The molecule has 0 bridgehead atoms. The van der Waals surface area contributed by atoms with Gasteiger partial charge in [-0.15, -0.1) is 5.10 Å². The number of aromatic nitrogens is 5. The first-order valence-electron chi connectivity index (χ1n) is 6.17. The molecule has 0 aliphatic carbocycles. The Hall–Kier alpha value is -2.73. The van der Waals surface area contributed by atoms with E-state index in [0.717, 1.165) is 23.1 Å². The summed E-state index contributed by atoms with van der Waals surface area (Å²) in [7, 11) is 0. The van der Waals surface area contributed by atoms with Gasteiger partial charge >= 0.3 is 5.00 Å². The molecule has 1 aromatic carbocycles. The third kappa shape index (κ3) is 2.57. The Kier molecular flexibility index (Phi) is 3.31. The molecule has 23 heavy (non-hydrogen) atoms. The maximum atomic E-state index is 10.7. The van der Waals surface area contributed by atoms with Crippen molar-refractivity contribution in [3.8, 4) is 17.2 Å². The molecule has 0 atom stereocenters. The monoisotopic (exact) mass is 350 g/mol. The van der Waals surface area contributed by atoms with Crippen LogP contribution in [0.1, 0.15) is 0 Å². The van der Waals surface area contributed by atoms with Gasteiger partial charge in [0.05, 0.1) is 10.6 Å². The molecule has 3 aromatic rings. The lowest BCUT2D eigenvalue weighted by atomic mass is 10.3. The number of thiazole rings is 1. The zero-order valence-electron chi connectivity index (χ0n) is 11.1. The van der Waals surface area contributed by atoms with E-state index in [1.165, 1.54) is 10.9 Å². The second-order valence-electron chi connectivity index (χ2n) is 4.23. The lowest BCUT2D eigenvalue weighted by molar-refractivity contribution is -0.380. The van der Waals surface area contributed by atoms with E-state index in [2.05, 4.69) is 20.5 Å². The van der Waals surface area contributed by atoms with Crippen LogP contribution in [0, 0.1) is 10.1 Å². The Morgan fingerprint density at radius 1 is 1.35 bits per heavy atom. The summed E-state index contributed by atoms with van der Waals surface area (Å²) in [5.41, 5.74) is 0.688. The minimum Gasteiger partial charge on any atom is -0.454 e. The first-order chi connectivity index (χ1) is 11.2. The van der Waals surface area contributed by atoms with Crippen molar-refractivity contribution in [1.29, 1.82) is 0 Å². The summed E-state index contributed by atoms with van der Waals surface area (Å²) < 4.78 is 12.6. The van der Waals surface area contributed by atoms with Gasteiger partial charge in [0, 0.05) is 6.07 Å². The number of benzene rings is 1. The maximum absolute atomic E-state index is 10.7. The van der Waals surface area contributed by atoms with Crippen molar-refractivity contribution in [3.05, 3.63) is 34.5 Å². The third-order valence-corrected chi connectivity index (χ3v) is 4.83. The number of hydrogen-bond acceptors (Lipinski definition) is 10. The summed E-state index contributed by atoms with van der Waals surface area (Å²) in [6, 6.07) is 5.31. The van der Waals surface area contributed by atoms with Crippen LogP contribution < -0.4 is 9.47 Å². The van der Waals surface area contributed by atoms with Crippen LogP contribution in [-0.4, -0.2) is 36.9 Å². The van der Waals surface area contributed by atoms with Crippen molar-refractivity contribution in [2.75, 3.05) is 6.79 Å². The number of fused-ring (bicyclic) bond motifs is 1. The maximum Gasteiger partial charge on any atom is 0.344 e. The molecule has 4 rings (SSSR count). The molecule has 10 nitrogen and oxygen atoms in total. The van der Waals surface area contributed by atoms with Crippen molar-refractivity contribution in [2.45, 2.75) is 9.50 Å². The number of ether oxygens (including phenoxy) is 2. The summed E-state index contributed by atoms with van der Waals surface area (Å²) in [5, 5.41) is 22.6. The second kappa shape index (κ2) is 5.48. The average molecular weight is 350 g/mol. The molecule has 1 aliphatic rings. The number of nitro groups is 1. The van der Waals surface area contributed by atoms with Gasteiger partial charge in [0.2, 0.25) is 11.9 Å². The van der Waals surface area contributed by atoms with Gasteiger partial charge in [0.15, 0.2) is 15.8 Å². The summed E-state index contributed by atoms with van der Waals surface area (Å²) in [4.78, 5) is 14.2. The van der Waals surface area contributed by atoms with Gasteiger partial charge in [-0.1, -0.05) is 0 Å². The normalized spacial score (nSPS) is 12.5. The molecule has 0 saturated carbocycles. The van der Waals surface area contributed by atoms with Gasteiger partial charge in [0.25, 0.3) is 0 Å². The number of rotatable bonds is 4. The molecule has 12 heteroatoms. The molecule has 0 radical (unpaired) electrons. The van der Waals surface area contributed by atoms with Crippen LogP contribution in [0.5, 0.6) is 11.5 Å². The minimum absolute atomic E-state index is 0.0328. The number of tetrazole rings is 1. The highest BCUT2D eigenvalue weighted by Gasteiger charge is 2.19. The lowest BCUT2D eigenvalue weighted by Gasteiger charge is -2.03. The number of hydrogen-bond donors (Lipinski definition) is 0. The molecule has 0 N–H and O–H groups in total. The molecule has 116 valence electrons. The Morgan fingerprint density at radius 3 is 3.04 bits per heavy atom. The SMILES string of the molecule is O=[N+]([O-])c1cnc(Sc2nnnn2-c2ccc3c(c2)OCO3)s1. The highest BCUT2D eigenvalue weighted by Crippen LogP contribution is 2.36. The first-order valence-corrected chi connectivity index (χ1v) is 7.80. The highest BCUT2D eigenvalue weighted by molar-refractivity contribution is 8.00. The van der Waals surface area contributed by atoms with Gasteiger partial charge in [-0.2, -0.15) is 4.68 Å². The van der Waals surface area contributed by atoms with Gasteiger partial charge in [0.1, 0.15) is 6.20 Å².